The molecule has 1 unspecified atom stereocenters. The van der Waals surface area contributed by atoms with Crippen LogP contribution in [0.4, 0.5) is 4.79 Å². The quantitative estimate of drug-likeness (QED) is 0.721. The number of aliphatic carboxylic acids is 1. The maximum absolute atomic E-state index is 11.3. The lowest BCUT2D eigenvalue weighted by Crippen LogP contribution is -2.34. The first kappa shape index (κ1) is 10.2. The van der Waals surface area contributed by atoms with Gasteiger partial charge in [-0.1, -0.05) is 0 Å². The van der Waals surface area contributed by atoms with Gasteiger partial charge in [-0.2, -0.15) is 0 Å². The Kier molecular flexibility index (Phi) is 2.77. The van der Waals surface area contributed by atoms with Gasteiger partial charge in [0.05, 0.1) is 19.2 Å². The number of nitrogens with zero attached hydrogens (tertiary/aromatic N) is 1. The second-order valence-electron chi connectivity index (χ2n) is 3.75. The molecule has 0 aliphatic carbocycles. The molecule has 0 aromatic rings. The van der Waals surface area contributed by atoms with Crippen LogP contribution < -0.4 is 0 Å². The van der Waals surface area contributed by atoms with Gasteiger partial charge >= 0.3 is 12.1 Å². The second kappa shape index (κ2) is 4.06. The molecule has 0 spiro atoms. The summed E-state index contributed by atoms with van der Waals surface area (Å²) in [7, 11) is 0. The van der Waals surface area contributed by atoms with E-state index in [0.29, 0.717) is 6.54 Å². The van der Waals surface area contributed by atoms with Crippen molar-refractivity contribution in [1.29, 1.82) is 0 Å². The van der Waals surface area contributed by atoms with E-state index < -0.39 is 18.2 Å². The lowest BCUT2D eigenvalue weighted by molar-refractivity contribution is -0.144. The number of carbonyl (C=O) groups is 2. The number of cyclic esters (lactones) is 1. The number of rotatable bonds is 3. The third-order valence-corrected chi connectivity index (χ3v) is 2.61. The average molecular weight is 215 g/mol. The number of carboxylic acid groups (broad SMARTS) is 1. The third kappa shape index (κ3) is 2.20. The largest absolute Gasteiger partial charge is 0.478 e. The van der Waals surface area contributed by atoms with Crippen LogP contribution >= 0.6 is 0 Å². The van der Waals surface area contributed by atoms with Gasteiger partial charge in [-0.15, -0.1) is 0 Å². The van der Waals surface area contributed by atoms with Gasteiger partial charge in [-0.05, 0) is 12.8 Å². The fourth-order valence-corrected chi connectivity index (χ4v) is 1.82. The summed E-state index contributed by atoms with van der Waals surface area (Å²) >= 11 is 0. The smallest absolute Gasteiger partial charge is 0.410 e. The molecule has 2 heterocycles. The molecule has 1 N–H and O–H groups in total. The summed E-state index contributed by atoms with van der Waals surface area (Å²) in [6.45, 7) is 1.27. The fraction of sp³-hybridized carbons (Fsp3) is 0.778. The highest BCUT2D eigenvalue weighted by Gasteiger charge is 2.37. The van der Waals surface area contributed by atoms with Gasteiger partial charge in [0.1, 0.15) is 0 Å². The van der Waals surface area contributed by atoms with Gasteiger partial charge in [0, 0.05) is 6.61 Å². The predicted octanol–water partition coefficient (Wildman–Crippen LogP) is 0.0708. The molecule has 2 atom stereocenters. The minimum absolute atomic E-state index is 0.0325. The van der Waals surface area contributed by atoms with Crippen LogP contribution in [-0.4, -0.2) is 54.0 Å². The summed E-state index contributed by atoms with van der Waals surface area (Å²) in [6.07, 6.45) is 0.360. The third-order valence-electron chi connectivity index (χ3n) is 2.61. The molecule has 0 saturated carbocycles. The molecule has 0 aromatic carbocycles. The van der Waals surface area contributed by atoms with Crippen LogP contribution in [0.5, 0.6) is 0 Å². The highest BCUT2D eigenvalue weighted by molar-refractivity contribution is 5.81. The Morgan fingerprint density at radius 2 is 2.40 bits per heavy atom. The molecule has 1 amide bonds. The number of carbonyl (C=O) groups excluding carboxylic acids is 1. The molecule has 6 nitrogen and oxygen atoms in total. The molecule has 2 fully saturated rings. The molecule has 84 valence electrons. The van der Waals surface area contributed by atoms with Crippen LogP contribution in [-0.2, 0) is 14.3 Å². The van der Waals surface area contributed by atoms with E-state index >= 15 is 0 Å². The van der Waals surface area contributed by atoms with Gasteiger partial charge in [-0.3, -0.25) is 0 Å². The maximum atomic E-state index is 11.3. The minimum atomic E-state index is -1.10. The molecular weight excluding hydrogens is 202 g/mol. The van der Waals surface area contributed by atoms with Gasteiger partial charge in [0.2, 0.25) is 6.10 Å². The topological polar surface area (TPSA) is 76.1 Å². The van der Waals surface area contributed by atoms with Crippen LogP contribution in [0.3, 0.4) is 0 Å². The standard InChI is InChI=1S/C9H13NO5/c11-8(12)7-5-10(9(13)15-7)4-6-2-1-3-14-6/h6-7H,1-5H2,(H,11,12)/t6?,7-/m1/s1. The first-order valence-corrected chi connectivity index (χ1v) is 4.97. The van der Waals surface area contributed by atoms with Crippen molar-refractivity contribution >= 4 is 12.1 Å². The SMILES string of the molecule is O=C(O)[C@H]1CN(CC2CCCO2)C(=O)O1. The van der Waals surface area contributed by atoms with E-state index in [9.17, 15) is 9.59 Å². The summed E-state index contributed by atoms with van der Waals surface area (Å²) in [5, 5.41) is 8.67. The Morgan fingerprint density at radius 1 is 1.60 bits per heavy atom. The van der Waals surface area contributed by atoms with Crippen molar-refractivity contribution in [3.63, 3.8) is 0 Å². The zero-order valence-corrected chi connectivity index (χ0v) is 8.22. The number of ether oxygens (including phenoxy) is 2. The summed E-state index contributed by atoms with van der Waals surface area (Å²) < 4.78 is 10.0. The van der Waals surface area contributed by atoms with Gasteiger partial charge in [0.25, 0.3) is 0 Å². The van der Waals surface area contributed by atoms with E-state index in [-0.39, 0.29) is 12.6 Å². The molecule has 2 rings (SSSR count). The predicted molar refractivity (Wildman–Crippen MR) is 48.5 cm³/mol. The molecule has 0 aromatic heterocycles. The number of hydrogen-bond donors (Lipinski definition) is 1. The molecule has 2 aliphatic rings. The number of hydrogen-bond acceptors (Lipinski definition) is 4. The van der Waals surface area contributed by atoms with Gasteiger partial charge in [-0.25, -0.2) is 9.59 Å². The molecular formula is C9H13NO5. The van der Waals surface area contributed by atoms with E-state index in [1.165, 1.54) is 4.90 Å². The summed E-state index contributed by atoms with van der Waals surface area (Å²) in [5.41, 5.74) is 0. The van der Waals surface area contributed by atoms with Gasteiger partial charge in [0.15, 0.2) is 0 Å². The molecule has 2 saturated heterocycles. The Hall–Kier alpha value is -1.30. The summed E-state index contributed by atoms with van der Waals surface area (Å²) in [6, 6.07) is 0. The van der Waals surface area contributed by atoms with Crippen molar-refractivity contribution < 1.29 is 24.2 Å². The monoisotopic (exact) mass is 215 g/mol. The van der Waals surface area contributed by atoms with E-state index in [4.69, 9.17) is 9.84 Å². The van der Waals surface area contributed by atoms with Crippen LogP contribution in [0, 0.1) is 0 Å². The van der Waals surface area contributed by atoms with Crippen molar-refractivity contribution in [1.82, 2.24) is 4.90 Å². The van der Waals surface area contributed by atoms with Crippen LogP contribution in [0.15, 0.2) is 0 Å². The molecule has 6 heteroatoms. The van der Waals surface area contributed by atoms with E-state index in [1.54, 1.807) is 0 Å². The second-order valence-corrected chi connectivity index (χ2v) is 3.75. The Labute approximate surface area is 86.8 Å². The molecule has 0 radical (unpaired) electrons. The Morgan fingerprint density at radius 3 is 2.93 bits per heavy atom. The number of amides is 1. The normalized spacial score (nSPS) is 30.7. The van der Waals surface area contributed by atoms with E-state index in [1.807, 2.05) is 0 Å². The zero-order valence-electron chi connectivity index (χ0n) is 8.22. The average Bonchev–Trinajstić information content (AvgIpc) is 2.77. The minimum Gasteiger partial charge on any atom is -0.478 e. The van der Waals surface area contributed by atoms with E-state index in [2.05, 4.69) is 4.74 Å². The van der Waals surface area contributed by atoms with Crippen LogP contribution in [0.1, 0.15) is 12.8 Å². The highest BCUT2D eigenvalue weighted by Crippen LogP contribution is 2.17. The fourth-order valence-electron chi connectivity index (χ4n) is 1.82. The van der Waals surface area contributed by atoms with Crippen molar-refractivity contribution in [2.45, 2.75) is 25.0 Å². The Bertz CT molecular complexity index is 274. The Balaban J connectivity index is 1.87. The first-order chi connectivity index (χ1) is 7.16. The van der Waals surface area contributed by atoms with Crippen molar-refractivity contribution in [2.75, 3.05) is 19.7 Å². The van der Waals surface area contributed by atoms with Crippen LogP contribution in [0.2, 0.25) is 0 Å². The summed E-state index contributed by atoms with van der Waals surface area (Å²) in [5.74, 6) is -1.10. The number of carboxylic acids is 1. The first-order valence-electron chi connectivity index (χ1n) is 4.97. The highest BCUT2D eigenvalue weighted by atomic mass is 16.6. The van der Waals surface area contributed by atoms with Crippen molar-refractivity contribution in [2.24, 2.45) is 0 Å². The molecule has 0 bridgehead atoms. The maximum Gasteiger partial charge on any atom is 0.410 e. The lowest BCUT2D eigenvalue weighted by atomic mass is 10.2. The van der Waals surface area contributed by atoms with Crippen molar-refractivity contribution in [3.05, 3.63) is 0 Å². The zero-order chi connectivity index (χ0) is 10.8. The van der Waals surface area contributed by atoms with E-state index in [0.717, 1.165) is 19.4 Å². The van der Waals surface area contributed by atoms with Gasteiger partial charge < -0.3 is 19.5 Å². The van der Waals surface area contributed by atoms with Crippen molar-refractivity contribution in [3.8, 4) is 0 Å². The summed E-state index contributed by atoms with van der Waals surface area (Å²) in [4.78, 5) is 23.3. The molecule has 15 heavy (non-hydrogen) atoms. The molecule has 2 aliphatic heterocycles. The lowest BCUT2D eigenvalue weighted by Gasteiger charge is -2.16. The van der Waals surface area contributed by atoms with Crippen LogP contribution in [0.25, 0.3) is 0 Å².